The Labute approximate surface area is 116 Å². The number of aliphatic hydroxyl groups is 1. The van der Waals surface area contributed by atoms with Crippen LogP contribution in [0.15, 0.2) is 24.3 Å². The van der Waals surface area contributed by atoms with E-state index in [1.54, 1.807) is 31.4 Å². The lowest BCUT2D eigenvalue weighted by Gasteiger charge is -2.17. The maximum absolute atomic E-state index is 12.2. The number of nitrogens with one attached hydrogen (secondary N) is 1. The summed E-state index contributed by atoms with van der Waals surface area (Å²) in [5.41, 5.74) is 0.520. The van der Waals surface area contributed by atoms with Crippen molar-refractivity contribution < 1.29 is 24.1 Å². The van der Waals surface area contributed by atoms with E-state index in [9.17, 15) is 9.90 Å². The highest BCUT2D eigenvalue weighted by molar-refractivity contribution is 5.94. The third-order valence-electron chi connectivity index (χ3n) is 3.68. The van der Waals surface area contributed by atoms with E-state index < -0.39 is 6.10 Å². The summed E-state index contributed by atoms with van der Waals surface area (Å²) in [6.45, 7) is 0.600. The maximum Gasteiger partial charge on any atom is 0.251 e. The van der Waals surface area contributed by atoms with E-state index in [4.69, 9.17) is 14.2 Å². The summed E-state index contributed by atoms with van der Waals surface area (Å²) >= 11 is 0. The summed E-state index contributed by atoms with van der Waals surface area (Å²) in [7, 11) is 1.56. The normalized spacial score (nSPS) is 31.9. The standard InChI is InChI=1S/C14H17NO5/c1-18-9-4-2-3-8(5-9)14(17)15-10-6-19-13-11(16)7-20-12(10)13/h2-5,10-13,16H,6-7H2,1H3,(H,15,17)/t10-,11+,12+,13+/m0/s1. The molecule has 1 amide bonds. The van der Waals surface area contributed by atoms with Crippen LogP contribution in [0.2, 0.25) is 0 Å². The van der Waals surface area contributed by atoms with E-state index in [0.29, 0.717) is 17.9 Å². The summed E-state index contributed by atoms with van der Waals surface area (Å²) in [5, 5.41) is 12.5. The van der Waals surface area contributed by atoms with Crippen molar-refractivity contribution in [2.75, 3.05) is 20.3 Å². The molecular formula is C14H17NO5. The Balaban J connectivity index is 1.67. The van der Waals surface area contributed by atoms with E-state index in [0.717, 1.165) is 0 Å². The van der Waals surface area contributed by atoms with Crippen molar-refractivity contribution in [1.82, 2.24) is 5.32 Å². The lowest BCUT2D eigenvalue weighted by atomic mass is 10.1. The van der Waals surface area contributed by atoms with Crippen LogP contribution in [0.5, 0.6) is 5.75 Å². The molecule has 0 unspecified atom stereocenters. The van der Waals surface area contributed by atoms with Gasteiger partial charge in [-0.05, 0) is 18.2 Å². The van der Waals surface area contributed by atoms with Crippen LogP contribution in [0.1, 0.15) is 10.4 Å². The van der Waals surface area contributed by atoms with E-state index in [-0.39, 0.29) is 30.8 Å². The number of methoxy groups -OCH3 is 1. The third kappa shape index (κ3) is 2.37. The fourth-order valence-corrected chi connectivity index (χ4v) is 2.62. The van der Waals surface area contributed by atoms with Crippen molar-refractivity contribution in [3.63, 3.8) is 0 Å². The van der Waals surface area contributed by atoms with Crippen molar-refractivity contribution in [3.05, 3.63) is 29.8 Å². The first-order valence-corrected chi connectivity index (χ1v) is 6.55. The number of aliphatic hydroxyl groups excluding tert-OH is 1. The monoisotopic (exact) mass is 279 g/mol. The van der Waals surface area contributed by atoms with Gasteiger partial charge in [-0.1, -0.05) is 6.07 Å². The number of hydrogen-bond acceptors (Lipinski definition) is 5. The molecule has 108 valence electrons. The lowest BCUT2D eigenvalue weighted by Crippen LogP contribution is -2.44. The van der Waals surface area contributed by atoms with Crippen LogP contribution < -0.4 is 10.1 Å². The van der Waals surface area contributed by atoms with E-state index >= 15 is 0 Å². The Hall–Kier alpha value is -1.63. The molecule has 0 aromatic heterocycles. The predicted molar refractivity (Wildman–Crippen MR) is 69.7 cm³/mol. The second-order valence-corrected chi connectivity index (χ2v) is 4.98. The molecule has 1 aromatic rings. The molecule has 2 aliphatic rings. The number of rotatable bonds is 3. The minimum atomic E-state index is -0.612. The molecule has 2 fully saturated rings. The van der Waals surface area contributed by atoms with Crippen molar-refractivity contribution in [2.24, 2.45) is 0 Å². The van der Waals surface area contributed by atoms with Gasteiger partial charge >= 0.3 is 0 Å². The van der Waals surface area contributed by atoms with Gasteiger partial charge in [-0.3, -0.25) is 4.79 Å². The minimum absolute atomic E-state index is 0.205. The van der Waals surface area contributed by atoms with Crippen LogP contribution in [0.3, 0.4) is 0 Å². The zero-order valence-electron chi connectivity index (χ0n) is 11.1. The molecule has 6 nitrogen and oxygen atoms in total. The molecule has 3 rings (SSSR count). The van der Waals surface area contributed by atoms with Crippen LogP contribution in [0.4, 0.5) is 0 Å². The Morgan fingerprint density at radius 2 is 2.15 bits per heavy atom. The van der Waals surface area contributed by atoms with Crippen molar-refractivity contribution in [1.29, 1.82) is 0 Å². The first-order chi connectivity index (χ1) is 9.69. The molecule has 0 aliphatic carbocycles. The quantitative estimate of drug-likeness (QED) is 0.811. The van der Waals surface area contributed by atoms with Crippen LogP contribution in [0.25, 0.3) is 0 Å². The molecule has 2 aliphatic heterocycles. The maximum atomic E-state index is 12.2. The zero-order valence-corrected chi connectivity index (χ0v) is 11.1. The largest absolute Gasteiger partial charge is 0.497 e. The third-order valence-corrected chi connectivity index (χ3v) is 3.68. The van der Waals surface area contributed by atoms with Gasteiger partial charge in [0.1, 0.15) is 24.1 Å². The Morgan fingerprint density at radius 3 is 2.95 bits per heavy atom. The molecule has 1 aromatic carbocycles. The van der Waals surface area contributed by atoms with Gasteiger partial charge in [-0.15, -0.1) is 0 Å². The van der Waals surface area contributed by atoms with Crippen molar-refractivity contribution in [2.45, 2.75) is 24.4 Å². The van der Waals surface area contributed by atoms with Gasteiger partial charge in [0.2, 0.25) is 0 Å². The van der Waals surface area contributed by atoms with Gasteiger partial charge in [0, 0.05) is 5.56 Å². The van der Waals surface area contributed by atoms with E-state index in [2.05, 4.69) is 5.32 Å². The SMILES string of the molecule is COc1cccc(C(=O)N[C@H]2CO[C@H]3[C@@H]2OC[C@H]3O)c1. The molecule has 20 heavy (non-hydrogen) atoms. The number of carbonyl (C=O) groups excluding carboxylic acids is 1. The molecule has 4 atom stereocenters. The molecule has 2 heterocycles. The lowest BCUT2D eigenvalue weighted by molar-refractivity contribution is 0.0178. The average molecular weight is 279 g/mol. The number of carbonyl (C=O) groups is 1. The Morgan fingerprint density at radius 1 is 1.35 bits per heavy atom. The topological polar surface area (TPSA) is 77.0 Å². The summed E-state index contributed by atoms with van der Waals surface area (Å²) < 4.78 is 16.0. The van der Waals surface area contributed by atoms with Crippen LogP contribution >= 0.6 is 0 Å². The Bertz CT molecular complexity index is 506. The molecule has 0 spiro atoms. The van der Waals surface area contributed by atoms with Gasteiger partial charge in [0.25, 0.3) is 5.91 Å². The van der Waals surface area contributed by atoms with Crippen molar-refractivity contribution >= 4 is 5.91 Å². The highest BCUT2D eigenvalue weighted by atomic mass is 16.6. The van der Waals surface area contributed by atoms with Crippen LogP contribution in [-0.2, 0) is 9.47 Å². The molecule has 0 saturated carbocycles. The molecule has 6 heteroatoms. The summed E-state index contributed by atoms with van der Waals surface area (Å²) in [4.78, 5) is 12.2. The van der Waals surface area contributed by atoms with Crippen molar-refractivity contribution in [3.8, 4) is 5.75 Å². The molecule has 0 radical (unpaired) electrons. The van der Waals surface area contributed by atoms with Gasteiger partial charge < -0.3 is 24.6 Å². The summed E-state index contributed by atoms with van der Waals surface area (Å²) in [6, 6.07) is 6.69. The fraction of sp³-hybridized carbons (Fsp3) is 0.500. The predicted octanol–water partition coefficient (Wildman–Crippen LogP) is -0.0479. The first kappa shape index (κ1) is 13.4. The average Bonchev–Trinajstić information content (AvgIpc) is 3.03. The molecule has 2 saturated heterocycles. The minimum Gasteiger partial charge on any atom is -0.497 e. The van der Waals surface area contributed by atoms with Gasteiger partial charge in [-0.25, -0.2) is 0 Å². The molecule has 0 bridgehead atoms. The van der Waals surface area contributed by atoms with E-state index in [1.165, 1.54) is 0 Å². The number of benzene rings is 1. The van der Waals surface area contributed by atoms with Crippen LogP contribution in [-0.4, -0.2) is 55.7 Å². The number of ether oxygens (including phenoxy) is 3. The first-order valence-electron chi connectivity index (χ1n) is 6.55. The molecule has 2 N–H and O–H groups in total. The van der Waals surface area contributed by atoms with E-state index in [1.807, 2.05) is 0 Å². The summed E-state index contributed by atoms with van der Waals surface area (Å²) in [5.74, 6) is 0.425. The number of fused-ring (bicyclic) bond motifs is 1. The highest BCUT2D eigenvalue weighted by Gasteiger charge is 2.47. The number of amides is 1. The Kier molecular flexibility index (Phi) is 3.60. The second kappa shape index (κ2) is 5.40. The van der Waals surface area contributed by atoms with Gasteiger partial charge in [0.15, 0.2) is 0 Å². The number of hydrogen-bond donors (Lipinski definition) is 2. The zero-order chi connectivity index (χ0) is 14.1. The second-order valence-electron chi connectivity index (χ2n) is 4.98. The molecular weight excluding hydrogens is 262 g/mol. The summed E-state index contributed by atoms with van der Waals surface area (Å²) in [6.07, 6.45) is -1.23. The van der Waals surface area contributed by atoms with Gasteiger partial charge in [-0.2, -0.15) is 0 Å². The smallest absolute Gasteiger partial charge is 0.251 e. The highest BCUT2D eigenvalue weighted by Crippen LogP contribution is 2.27. The fourth-order valence-electron chi connectivity index (χ4n) is 2.62. The van der Waals surface area contributed by atoms with Gasteiger partial charge in [0.05, 0.1) is 26.4 Å². The van der Waals surface area contributed by atoms with Crippen LogP contribution in [0, 0.1) is 0 Å².